The van der Waals surface area contributed by atoms with Crippen molar-refractivity contribution >= 4 is 5.97 Å². The molecule has 18 atom stereocenters. The third kappa shape index (κ3) is 5.83. The number of methoxy groups -OCH3 is 1. The van der Waals surface area contributed by atoms with Crippen LogP contribution >= 0.6 is 0 Å². The van der Waals surface area contributed by atoms with E-state index in [0.717, 1.165) is 63.4 Å². The van der Waals surface area contributed by atoms with Crippen molar-refractivity contribution in [2.75, 3.05) is 20.3 Å². The van der Waals surface area contributed by atoms with Gasteiger partial charge in [0.15, 0.2) is 12.6 Å². The molecule has 6 fully saturated rings. The number of hydrogen-bond acceptors (Lipinski definition) is 13. The molecule has 0 amide bonds. The number of aliphatic hydroxyl groups is 6. The van der Waals surface area contributed by atoms with Gasteiger partial charge in [-0.15, -0.1) is 0 Å². The minimum Gasteiger partial charge on any atom is -0.458 e. The number of carbonyl (C=O) groups excluding carboxylic acids is 1. The number of cyclic esters (lactones) is 1. The zero-order valence-corrected chi connectivity index (χ0v) is 29.1. The summed E-state index contributed by atoms with van der Waals surface area (Å²) in [5.74, 6) is 0.789. The second-order valence-electron chi connectivity index (χ2n) is 16.6. The van der Waals surface area contributed by atoms with Crippen LogP contribution in [0.15, 0.2) is 11.6 Å². The maximum Gasteiger partial charge on any atom is 0.331 e. The van der Waals surface area contributed by atoms with Gasteiger partial charge in [0.05, 0.1) is 24.4 Å². The topological polar surface area (TPSA) is 194 Å². The zero-order valence-electron chi connectivity index (χ0n) is 29.1. The van der Waals surface area contributed by atoms with Crippen molar-refractivity contribution in [1.29, 1.82) is 0 Å². The van der Waals surface area contributed by atoms with Gasteiger partial charge >= 0.3 is 5.97 Å². The molecule has 7 rings (SSSR count). The van der Waals surface area contributed by atoms with Crippen molar-refractivity contribution in [2.45, 2.75) is 152 Å². The van der Waals surface area contributed by atoms with Crippen LogP contribution in [-0.2, 0) is 33.2 Å². The lowest BCUT2D eigenvalue weighted by atomic mass is 9.43. The average Bonchev–Trinajstić information content (AvgIpc) is 3.62. The van der Waals surface area contributed by atoms with Crippen LogP contribution in [0.5, 0.6) is 0 Å². The molecule has 0 radical (unpaired) electrons. The highest BCUT2D eigenvalue weighted by Gasteiger charge is 2.68. The van der Waals surface area contributed by atoms with Crippen LogP contribution in [-0.4, -0.2) is 130 Å². The van der Waals surface area contributed by atoms with Crippen molar-refractivity contribution in [3.63, 3.8) is 0 Å². The van der Waals surface area contributed by atoms with E-state index in [9.17, 15) is 35.4 Å². The van der Waals surface area contributed by atoms with Crippen molar-refractivity contribution in [1.82, 2.24) is 0 Å². The fraction of sp³-hybridized carbons (Fsp3) is 0.917. The predicted octanol–water partition coefficient (Wildman–Crippen LogP) is 0.934. The minimum atomic E-state index is -1.54. The number of ether oxygens (including phenoxy) is 6. The number of carbonyl (C=O) groups is 1. The summed E-state index contributed by atoms with van der Waals surface area (Å²) in [6.07, 6.45) is -2.69. The molecule has 6 N–H and O–H groups in total. The van der Waals surface area contributed by atoms with Gasteiger partial charge < -0.3 is 59.1 Å². The van der Waals surface area contributed by atoms with Crippen molar-refractivity contribution in [3.8, 4) is 0 Å². The van der Waals surface area contributed by atoms with Gasteiger partial charge in [-0.1, -0.05) is 13.8 Å². The summed E-state index contributed by atoms with van der Waals surface area (Å²) >= 11 is 0. The summed E-state index contributed by atoms with van der Waals surface area (Å²) in [6.45, 7) is 6.30. The van der Waals surface area contributed by atoms with E-state index in [1.807, 2.05) is 0 Å². The van der Waals surface area contributed by atoms with E-state index < -0.39 is 67.0 Å². The Labute approximate surface area is 287 Å². The van der Waals surface area contributed by atoms with Crippen LogP contribution in [0, 0.1) is 34.5 Å². The monoisotopic (exact) mass is 696 g/mol. The molecule has 0 bridgehead atoms. The molecule has 13 heteroatoms. The van der Waals surface area contributed by atoms with Crippen LogP contribution in [0.1, 0.15) is 78.6 Å². The lowest BCUT2D eigenvalue weighted by molar-refractivity contribution is -0.337. The molecule has 0 aromatic carbocycles. The second-order valence-corrected chi connectivity index (χ2v) is 16.6. The Morgan fingerprint density at radius 2 is 1.63 bits per heavy atom. The Bertz CT molecular complexity index is 1260. The molecule has 4 aliphatic carbocycles. The third-order valence-corrected chi connectivity index (χ3v) is 14.4. The van der Waals surface area contributed by atoms with E-state index in [1.54, 1.807) is 13.0 Å². The van der Waals surface area contributed by atoms with Crippen LogP contribution in [0.4, 0.5) is 0 Å². The summed E-state index contributed by atoms with van der Waals surface area (Å²) in [7, 11) is 1.37. The van der Waals surface area contributed by atoms with Crippen LogP contribution in [0.25, 0.3) is 0 Å². The van der Waals surface area contributed by atoms with E-state index >= 15 is 0 Å². The van der Waals surface area contributed by atoms with Gasteiger partial charge in [0, 0.05) is 18.6 Å². The fourth-order valence-electron chi connectivity index (χ4n) is 11.5. The highest BCUT2D eigenvalue weighted by atomic mass is 16.7. The van der Waals surface area contributed by atoms with Crippen molar-refractivity contribution in [3.05, 3.63) is 11.6 Å². The van der Waals surface area contributed by atoms with E-state index in [4.69, 9.17) is 28.4 Å². The summed E-state index contributed by atoms with van der Waals surface area (Å²) in [5.41, 5.74) is -0.0206. The third-order valence-electron chi connectivity index (χ3n) is 14.4. The molecule has 278 valence electrons. The molecule has 3 heterocycles. The first-order chi connectivity index (χ1) is 23.2. The van der Waals surface area contributed by atoms with E-state index in [1.165, 1.54) is 7.11 Å². The molecule has 3 aliphatic heterocycles. The first-order valence-electron chi connectivity index (χ1n) is 18.3. The Morgan fingerprint density at radius 3 is 2.35 bits per heavy atom. The molecule has 49 heavy (non-hydrogen) atoms. The van der Waals surface area contributed by atoms with Gasteiger partial charge in [0.1, 0.15) is 49.3 Å². The van der Waals surface area contributed by atoms with Gasteiger partial charge in [-0.2, -0.15) is 0 Å². The lowest BCUT2D eigenvalue weighted by Crippen LogP contribution is -2.63. The normalized spacial score (nSPS) is 54.4. The van der Waals surface area contributed by atoms with Gasteiger partial charge in [-0.25, -0.2) is 4.79 Å². The molecule has 0 unspecified atom stereocenters. The Balaban J connectivity index is 0.982. The Morgan fingerprint density at radius 1 is 0.857 bits per heavy atom. The van der Waals surface area contributed by atoms with Crippen LogP contribution in [0.2, 0.25) is 0 Å². The first-order valence-corrected chi connectivity index (χ1v) is 18.3. The largest absolute Gasteiger partial charge is 0.458 e. The lowest BCUT2D eigenvalue weighted by Gasteiger charge is -2.64. The van der Waals surface area contributed by atoms with E-state index in [0.29, 0.717) is 18.4 Å². The molecule has 0 spiro atoms. The maximum atomic E-state index is 12.5. The number of fused-ring (bicyclic) bond motifs is 5. The molecular formula is C36H56O13. The van der Waals surface area contributed by atoms with Crippen molar-refractivity contribution in [2.24, 2.45) is 34.5 Å². The molecule has 2 saturated heterocycles. The van der Waals surface area contributed by atoms with Gasteiger partial charge in [0.2, 0.25) is 0 Å². The minimum absolute atomic E-state index is 0.0212. The SMILES string of the molecule is CO[C@@H]1[C@@H](O)[C@H](C)O[C@@H](OC[C@@H]2O[C@H](O[C@H]3CC[C@]4(C)[C@@H](CC[C@H]5[C@H]4CC[C@@]4(C)[C@H](C6=CC(=O)OC6)CC[C@]54O)C3)[C@@H](O)[C@H](O)[C@H]2O)[C@@H]1O. The molecule has 4 saturated carbocycles. The summed E-state index contributed by atoms with van der Waals surface area (Å²) in [5, 5.41) is 65.7. The van der Waals surface area contributed by atoms with Crippen LogP contribution in [0.3, 0.4) is 0 Å². The highest BCUT2D eigenvalue weighted by Crippen LogP contribution is 2.70. The molecule has 7 aliphatic rings. The summed E-state index contributed by atoms with van der Waals surface area (Å²) in [6, 6.07) is 0. The number of esters is 1. The number of rotatable bonds is 7. The predicted molar refractivity (Wildman–Crippen MR) is 170 cm³/mol. The molecule has 0 aromatic heterocycles. The number of aliphatic hydroxyl groups excluding tert-OH is 5. The second kappa shape index (κ2) is 13.3. The molecule has 13 nitrogen and oxygen atoms in total. The molecule has 0 aromatic rings. The first kappa shape index (κ1) is 36.1. The van der Waals surface area contributed by atoms with E-state index in [-0.39, 0.29) is 41.3 Å². The highest BCUT2D eigenvalue weighted by molar-refractivity contribution is 5.85. The maximum absolute atomic E-state index is 12.5. The van der Waals surface area contributed by atoms with Crippen molar-refractivity contribution < 1.29 is 63.9 Å². The Hall–Kier alpha value is -1.23. The average molecular weight is 697 g/mol. The van der Waals surface area contributed by atoms with Gasteiger partial charge in [0.25, 0.3) is 0 Å². The zero-order chi connectivity index (χ0) is 35.0. The smallest absolute Gasteiger partial charge is 0.331 e. The van der Waals surface area contributed by atoms with Gasteiger partial charge in [-0.05, 0) is 99.4 Å². The quantitative estimate of drug-likeness (QED) is 0.163. The Kier molecular flexibility index (Phi) is 9.82. The van der Waals surface area contributed by atoms with Crippen LogP contribution < -0.4 is 0 Å². The number of hydrogen-bond donors (Lipinski definition) is 6. The van der Waals surface area contributed by atoms with E-state index in [2.05, 4.69) is 13.8 Å². The fourth-order valence-corrected chi connectivity index (χ4v) is 11.5. The standard InChI is InChI=1S/C36H56O13/c1-17-26(38)31(44-4)30(42)32(47-17)46-16-24-27(39)28(40)29(41)33(49-24)48-20-7-10-34(2)19(14-20)5-6-23-22(34)8-11-35(3)21(9-12-36(23,35)43)18-13-25(37)45-15-18/h13,17,19-24,26-33,38-43H,5-12,14-16H2,1-4H3/t17-,19-,20-,21-,22+,23-,24-,26-,27-,28+,29-,30+,31+,32+,33-,34+,35-,36-/m0/s1. The van der Waals surface area contributed by atoms with Gasteiger partial charge in [-0.3, -0.25) is 0 Å². The summed E-state index contributed by atoms with van der Waals surface area (Å²) in [4.78, 5) is 11.9. The molecular weight excluding hydrogens is 640 g/mol. The summed E-state index contributed by atoms with van der Waals surface area (Å²) < 4.78 is 34.2.